The standard InChI is InChI=1S/C19H16ClIN2O3/c1-3-26-17-10-12(9-16(21)18(17)24)8-15-11(2)22-23(19(15)25)14-6-4-13(20)5-7-14/h4-10,22,24H,2-3H2,1H3/b15-8+. The highest BCUT2D eigenvalue weighted by molar-refractivity contribution is 14.1. The lowest BCUT2D eigenvalue weighted by atomic mass is 10.1. The van der Waals surface area contributed by atoms with Gasteiger partial charge >= 0.3 is 0 Å². The largest absolute Gasteiger partial charge is 0.504 e. The molecule has 0 aliphatic rings. The SMILES string of the molecule is C=c1[nH]n(-c2ccc(Cl)cc2)c(=O)/c1=C/c1cc(I)c(O)c(OCC)c1. The van der Waals surface area contributed by atoms with Crippen molar-refractivity contribution in [2.75, 3.05) is 6.61 Å². The van der Waals surface area contributed by atoms with Crippen LogP contribution in [-0.4, -0.2) is 21.5 Å². The molecule has 5 nitrogen and oxygen atoms in total. The summed E-state index contributed by atoms with van der Waals surface area (Å²) in [5.41, 5.74) is 1.18. The minimum atomic E-state index is -0.224. The van der Waals surface area contributed by atoms with Crippen LogP contribution in [-0.2, 0) is 0 Å². The molecule has 0 saturated heterocycles. The van der Waals surface area contributed by atoms with Crippen LogP contribution in [0.25, 0.3) is 18.3 Å². The number of H-pyrrole nitrogens is 1. The van der Waals surface area contributed by atoms with E-state index in [1.54, 1.807) is 42.5 Å². The monoisotopic (exact) mass is 482 g/mol. The van der Waals surface area contributed by atoms with Crippen LogP contribution >= 0.6 is 34.2 Å². The number of nitrogens with one attached hydrogen (secondary N) is 1. The average Bonchev–Trinajstić information content (AvgIpc) is 2.88. The maximum atomic E-state index is 12.8. The summed E-state index contributed by atoms with van der Waals surface area (Å²) >= 11 is 7.93. The van der Waals surface area contributed by atoms with E-state index in [1.807, 2.05) is 29.5 Å². The zero-order chi connectivity index (χ0) is 18.8. The van der Waals surface area contributed by atoms with Crippen molar-refractivity contribution in [2.24, 2.45) is 0 Å². The molecule has 1 aromatic heterocycles. The molecule has 0 aliphatic carbocycles. The number of aromatic hydroxyl groups is 1. The third-order valence-electron chi connectivity index (χ3n) is 3.75. The molecule has 0 fully saturated rings. The third kappa shape index (κ3) is 3.66. The van der Waals surface area contributed by atoms with Gasteiger partial charge in [0.1, 0.15) is 0 Å². The number of aromatic nitrogens is 2. The lowest BCUT2D eigenvalue weighted by Crippen LogP contribution is -2.33. The van der Waals surface area contributed by atoms with Gasteiger partial charge in [-0.15, -0.1) is 0 Å². The molecule has 3 rings (SSSR count). The molecule has 134 valence electrons. The second kappa shape index (κ2) is 7.59. The van der Waals surface area contributed by atoms with Crippen molar-refractivity contribution < 1.29 is 9.84 Å². The molecule has 2 aromatic carbocycles. The number of aromatic amines is 1. The van der Waals surface area contributed by atoms with Crippen LogP contribution in [0, 0.1) is 3.57 Å². The summed E-state index contributed by atoms with van der Waals surface area (Å²) in [5.74, 6) is 0.469. The summed E-state index contributed by atoms with van der Waals surface area (Å²) in [7, 11) is 0. The van der Waals surface area contributed by atoms with Crippen molar-refractivity contribution in [1.29, 1.82) is 0 Å². The summed E-state index contributed by atoms with van der Waals surface area (Å²) in [6.07, 6.45) is 1.72. The Kier molecular flexibility index (Phi) is 5.43. The highest BCUT2D eigenvalue weighted by atomic mass is 127. The number of phenolic OH excluding ortho intramolecular Hbond substituents is 1. The number of ether oxygens (including phenoxy) is 1. The predicted octanol–water partition coefficient (Wildman–Crippen LogP) is 2.77. The molecule has 0 aliphatic heterocycles. The van der Waals surface area contributed by atoms with Crippen LogP contribution in [0.4, 0.5) is 0 Å². The maximum Gasteiger partial charge on any atom is 0.279 e. The van der Waals surface area contributed by atoms with Gasteiger partial charge in [-0.1, -0.05) is 18.2 Å². The number of hydrogen-bond acceptors (Lipinski definition) is 3. The number of rotatable bonds is 4. The molecular formula is C19H16ClIN2O3. The number of halogens is 2. The summed E-state index contributed by atoms with van der Waals surface area (Å²) in [6, 6.07) is 10.4. The van der Waals surface area contributed by atoms with E-state index in [-0.39, 0.29) is 11.3 Å². The van der Waals surface area contributed by atoms with Crippen molar-refractivity contribution >= 4 is 46.8 Å². The van der Waals surface area contributed by atoms with Gasteiger partial charge in [0.05, 0.1) is 26.4 Å². The lowest BCUT2D eigenvalue weighted by molar-refractivity contribution is 0.317. The highest BCUT2D eigenvalue weighted by Gasteiger charge is 2.10. The smallest absolute Gasteiger partial charge is 0.279 e. The molecule has 0 bridgehead atoms. The average molecular weight is 483 g/mol. The number of phenols is 1. The minimum Gasteiger partial charge on any atom is -0.504 e. The molecule has 0 unspecified atom stereocenters. The van der Waals surface area contributed by atoms with E-state index in [4.69, 9.17) is 16.3 Å². The van der Waals surface area contributed by atoms with E-state index >= 15 is 0 Å². The summed E-state index contributed by atoms with van der Waals surface area (Å²) in [4.78, 5) is 12.8. The number of benzene rings is 2. The summed E-state index contributed by atoms with van der Waals surface area (Å²) in [5, 5.41) is 14.6. The number of hydrogen-bond donors (Lipinski definition) is 2. The number of nitrogens with zero attached hydrogens (tertiary/aromatic N) is 1. The van der Waals surface area contributed by atoms with Crippen LogP contribution in [0.15, 0.2) is 41.2 Å². The van der Waals surface area contributed by atoms with Gasteiger partial charge in [0.25, 0.3) is 5.56 Å². The molecule has 3 aromatic rings. The molecule has 0 spiro atoms. The summed E-state index contributed by atoms with van der Waals surface area (Å²) < 4.78 is 7.50. The molecule has 0 saturated carbocycles. The van der Waals surface area contributed by atoms with Crippen LogP contribution in [0.1, 0.15) is 12.5 Å². The van der Waals surface area contributed by atoms with Crippen molar-refractivity contribution in [3.05, 3.63) is 71.5 Å². The predicted molar refractivity (Wildman–Crippen MR) is 112 cm³/mol. The topological polar surface area (TPSA) is 67.2 Å². The Morgan fingerprint density at radius 3 is 2.69 bits per heavy atom. The minimum absolute atomic E-state index is 0.0899. The van der Waals surface area contributed by atoms with Crippen molar-refractivity contribution in [3.63, 3.8) is 0 Å². The first-order chi connectivity index (χ1) is 12.4. The zero-order valence-corrected chi connectivity index (χ0v) is 16.8. The first-order valence-corrected chi connectivity index (χ1v) is 9.29. The van der Waals surface area contributed by atoms with Gasteiger partial charge in [-0.05, 0) is 77.6 Å². The molecule has 1 heterocycles. The third-order valence-corrected chi connectivity index (χ3v) is 4.83. The van der Waals surface area contributed by atoms with E-state index in [9.17, 15) is 9.90 Å². The van der Waals surface area contributed by atoms with Crippen molar-refractivity contribution in [3.8, 4) is 17.2 Å². The Labute approximate surface area is 168 Å². The van der Waals surface area contributed by atoms with E-state index in [2.05, 4.69) is 11.7 Å². The Morgan fingerprint density at radius 2 is 2.04 bits per heavy atom. The zero-order valence-electron chi connectivity index (χ0n) is 13.9. The van der Waals surface area contributed by atoms with E-state index in [0.29, 0.717) is 37.2 Å². The molecule has 0 atom stereocenters. The van der Waals surface area contributed by atoms with Crippen LogP contribution in [0.3, 0.4) is 0 Å². The Bertz CT molecular complexity index is 1120. The molecular weight excluding hydrogens is 467 g/mol. The van der Waals surface area contributed by atoms with Gasteiger partial charge in [0.15, 0.2) is 11.5 Å². The molecule has 2 N–H and O–H groups in total. The second-order valence-corrected chi connectivity index (χ2v) is 7.15. The first kappa shape index (κ1) is 18.6. The normalized spacial score (nSPS) is 11.7. The molecule has 0 radical (unpaired) electrons. The Balaban J connectivity index is 2.15. The van der Waals surface area contributed by atoms with E-state index in [1.165, 1.54) is 4.68 Å². The second-order valence-electron chi connectivity index (χ2n) is 5.55. The van der Waals surface area contributed by atoms with Crippen molar-refractivity contribution in [1.82, 2.24) is 9.78 Å². The molecule has 0 amide bonds. The van der Waals surface area contributed by atoms with Gasteiger partial charge < -0.3 is 9.84 Å². The van der Waals surface area contributed by atoms with Crippen molar-refractivity contribution in [2.45, 2.75) is 6.92 Å². The van der Waals surface area contributed by atoms with Crippen LogP contribution < -0.4 is 20.9 Å². The van der Waals surface area contributed by atoms with Gasteiger partial charge in [0, 0.05) is 5.02 Å². The van der Waals surface area contributed by atoms with E-state index < -0.39 is 0 Å². The lowest BCUT2D eigenvalue weighted by Gasteiger charge is -2.08. The fourth-order valence-corrected chi connectivity index (χ4v) is 3.28. The first-order valence-electron chi connectivity index (χ1n) is 7.83. The van der Waals surface area contributed by atoms with Gasteiger partial charge in [-0.3, -0.25) is 9.89 Å². The fraction of sp³-hybridized carbons (Fsp3) is 0.105. The summed E-state index contributed by atoms with van der Waals surface area (Å²) in [6.45, 7) is 6.20. The molecule has 26 heavy (non-hydrogen) atoms. The quantitative estimate of drug-likeness (QED) is 0.562. The van der Waals surface area contributed by atoms with E-state index in [0.717, 1.165) is 5.56 Å². The van der Waals surface area contributed by atoms with Gasteiger partial charge in [-0.25, -0.2) is 4.68 Å². The fourth-order valence-electron chi connectivity index (χ4n) is 2.53. The Morgan fingerprint density at radius 1 is 1.35 bits per heavy atom. The van der Waals surface area contributed by atoms with Crippen LogP contribution in [0.2, 0.25) is 5.02 Å². The Hall–Kier alpha value is -2.19. The molecule has 7 heteroatoms. The maximum absolute atomic E-state index is 12.8. The van der Waals surface area contributed by atoms with Crippen LogP contribution in [0.5, 0.6) is 11.5 Å². The van der Waals surface area contributed by atoms with Gasteiger partial charge in [-0.2, -0.15) is 0 Å². The van der Waals surface area contributed by atoms with Gasteiger partial charge in [0.2, 0.25) is 0 Å². The highest BCUT2D eigenvalue weighted by Crippen LogP contribution is 2.32.